The molecule has 2 rings (SSSR count). The topological polar surface area (TPSA) is 38.9 Å². The summed E-state index contributed by atoms with van der Waals surface area (Å²) in [7, 11) is 0. The van der Waals surface area contributed by atoms with Gasteiger partial charge in [-0.05, 0) is 12.1 Å². The Labute approximate surface area is 119 Å². The normalized spacial score (nSPS) is 12.7. The minimum absolute atomic E-state index is 0.0851. The molecule has 0 aliphatic heterocycles. The molecule has 0 saturated heterocycles. The lowest BCUT2D eigenvalue weighted by Gasteiger charge is -2.18. The number of nitrogens with two attached hydrogens (primary N) is 1. The predicted molar refractivity (Wildman–Crippen MR) is 66.9 cm³/mol. The minimum Gasteiger partial charge on any atom is -0.384 e. The lowest BCUT2D eigenvalue weighted by molar-refractivity contribution is -0.289. The van der Waals surface area contributed by atoms with E-state index in [-0.39, 0.29) is 21.3 Å². The van der Waals surface area contributed by atoms with Gasteiger partial charge in [-0.3, -0.25) is 0 Å². The SMILES string of the molecule is Nc1cc(-c2cc(C(F)(F)C(F)(F)F)cs2)c(Cl)cn1. The Morgan fingerprint density at radius 3 is 2.40 bits per heavy atom. The predicted octanol–water partition coefficient (Wildman–Crippen LogP) is 4.70. The third-order valence-electron chi connectivity index (χ3n) is 2.46. The molecule has 0 aliphatic rings. The van der Waals surface area contributed by atoms with Crippen molar-refractivity contribution in [3.63, 3.8) is 0 Å². The molecule has 0 aliphatic carbocycles. The third-order valence-corrected chi connectivity index (χ3v) is 3.72. The van der Waals surface area contributed by atoms with Crippen LogP contribution in [0.1, 0.15) is 5.56 Å². The van der Waals surface area contributed by atoms with Crippen molar-refractivity contribution >= 4 is 28.8 Å². The maximum absolute atomic E-state index is 13.2. The van der Waals surface area contributed by atoms with E-state index >= 15 is 0 Å². The van der Waals surface area contributed by atoms with Crippen molar-refractivity contribution in [2.75, 3.05) is 5.73 Å². The van der Waals surface area contributed by atoms with Gasteiger partial charge in [0, 0.05) is 27.6 Å². The number of thiophene rings is 1. The van der Waals surface area contributed by atoms with Crippen LogP contribution in [0.4, 0.5) is 27.8 Å². The summed E-state index contributed by atoms with van der Waals surface area (Å²) in [6.07, 6.45) is -4.44. The molecule has 0 unspecified atom stereocenters. The van der Waals surface area contributed by atoms with E-state index in [0.29, 0.717) is 0 Å². The largest absolute Gasteiger partial charge is 0.458 e. The van der Waals surface area contributed by atoms with Crippen LogP contribution in [0.15, 0.2) is 23.7 Å². The molecule has 2 nitrogen and oxygen atoms in total. The van der Waals surface area contributed by atoms with Crippen molar-refractivity contribution in [2.45, 2.75) is 12.1 Å². The van der Waals surface area contributed by atoms with Gasteiger partial charge in [-0.15, -0.1) is 11.3 Å². The van der Waals surface area contributed by atoms with Crippen LogP contribution >= 0.6 is 22.9 Å². The highest BCUT2D eigenvalue weighted by Crippen LogP contribution is 2.46. The number of hydrogen-bond acceptors (Lipinski definition) is 3. The zero-order valence-corrected chi connectivity index (χ0v) is 11.1. The summed E-state index contributed by atoms with van der Waals surface area (Å²) in [6, 6.07) is 2.06. The van der Waals surface area contributed by atoms with E-state index < -0.39 is 17.7 Å². The third kappa shape index (κ3) is 2.57. The first-order valence-corrected chi connectivity index (χ1v) is 6.33. The Bertz CT molecular complexity index is 638. The molecule has 0 spiro atoms. The summed E-state index contributed by atoms with van der Waals surface area (Å²) < 4.78 is 63.2. The molecule has 0 atom stereocenters. The van der Waals surface area contributed by atoms with Gasteiger partial charge in [-0.1, -0.05) is 11.6 Å². The Morgan fingerprint density at radius 1 is 1.15 bits per heavy atom. The number of alkyl halides is 5. The highest BCUT2D eigenvalue weighted by atomic mass is 35.5. The van der Waals surface area contributed by atoms with Gasteiger partial charge in [-0.2, -0.15) is 22.0 Å². The van der Waals surface area contributed by atoms with Crippen LogP contribution in [0.3, 0.4) is 0 Å². The maximum atomic E-state index is 13.2. The fourth-order valence-electron chi connectivity index (χ4n) is 1.45. The van der Waals surface area contributed by atoms with E-state index in [1.165, 1.54) is 12.3 Å². The number of halogens is 6. The Morgan fingerprint density at radius 2 is 1.80 bits per heavy atom. The second kappa shape index (κ2) is 4.85. The zero-order chi connectivity index (χ0) is 15.1. The maximum Gasteiger partial charge on any atom is 0.458 e. The van der Waals surface area contributed by atoms with Crippen molar-refractivity contribution in [1.82, 2.24) is 4.98 Å². The van der Waals surface area contributed by atoms with Gasteiger partial charge in [-0.25, -0.2) is 4.98 Å². The number of nitrogens with zero attached hydrogens (tertiary/aromatic N) is 1. The first-order chi connectivity index (χ1) is 9.13. The molecule has 108 valence electrons. The average molecular weight is 329 g/mol. The minimum atomic E-state index is -5.65. The zero-order valence-electron chi connectivity index (χ0n) is 9.51. The molecule has 9 heteroatoms. The summed E-state index contributed by atoms with van der Waals surface area (Å²) in [6.45, 7) is 0. The highest BCUT2D eigenvalue weighted by Gasteiger charge is 2.59. The quantitative estimate of drug-likeness (QED) is 0.812. The number of aromatic nitrogens is 1. The van der Waals surface area contributed by atoms with Gasteiger partial charge in [0.2, 0.25) is 0 Å². The van der Waals surface area contributed by atoms with E-state index in [0.717, 1.165) is 22.8 Å². The smallest absolute Gasteiger partial charge is 0.384 e. The van der Waals surface area contributed by atoms with Crippen molar-refractivity contribution in [3.05, 3.63) is 34.3 Å². The molecule has 20 heavy (non-hydrogen) atoms. The van der Waals surface area contributed by atoms with Gasteiger partial charge < -0.3 is 5.73 Å². The number of rotatable bonds is 2. The number of pyridine rings is 1. The van der Waals surface area contributed by atoms with Crippen molar-refractivity contribution in [2.24, 2.45) is 0 Å². The standard InChI is InChI=1S/C11H6ClF5N2S/c12-7-3-19-9(18)2-6(7)8-1-5(4-20-8)10(13,14)11(15,16)17/h1-4H,(H2,18,19). The number of nitrogen functional groups attached to an aromatic ring is 1. The molecule has 0 radical (unpaired) electrons. The molecule has 2 aromatic heterocycles. The summed E-state index contributed by atoms with van der Waals surface area (Å²) in [5.41, 5.74) is 4.56. The van der Waals surface area contributed by atoms with E-state index in [4.69, 9.17) is 17.3 Å². The molecule has 2 aromatic rings. The van der Waals surface area contributed by atoms with Gasteiger partial charge in [0.1, 0.15) is 5.82 Å². The molecular weight excluding hydrogens is 323 g/mol. The Balaban J connectivity index is 2.46. The van der Waals surface area contributed by atoms with E-state index in [2.05, 4.69) is 4.98 Å². The molecule has 0 aromatic carbocycles. The fraction of sp³-hybridized carbons (Fsp3) is 0.182. The molecule has 2 heterocycles. The van der Waals surface area contributed by atoms with Gasteiger partial charge in [0.15, 0.2) is 0 Å². The fourth-order valence-corrected chi connectivity index (χ4v) is 2.67. The Kier molecular flexibility index (Phi) is 3.64. The van der Waals surface area contributed by atoms with Gasteiger partial charge in [0.25, 0.3) is 0 Å². The lowest BCUT2D eigenvalue weighted by Crippen LogP contribution is -2.33. The van der Waals surface area contributed by atoms with Crippen LogP contribution < -0.4 is 5.73 Å². The summed E-state index contributed by atoms with van der Waals surface area (Å²) in [4.78, 5) is 3.84. The van der Waals surface area contributed by atoms with Crippen LogP contribution in [0.5, 0.6) is 0 Å². The van der Waals surface area contributed by atoms with Gasteiger partial charge >= 0.3 is 12.1 Å². The van der Waals surface area contributed by atoms with Crippen LogP contribution in [-0.4, -0.2) is 11.2 Å². The Hall–Kier alpha value is -1.41. The molecular formula is C11H6ClF5N2S. The first kappa shape index (κ1) is 15.0. The number of anilines is 1. The molecule has 0 bridgehead atoms. The molecule has 0 amide bonds. The second-order valence-electron chi connectivity index (χ2n) is 3.86. The first-order valence-electron chi connectivity index (χ1n) is 5.08. The van der Waals surface area contributed by atoms with E-state index in [1.54, 1.807) is 0 Å². The summed E-state index contributed by atoms with van der Waals surface area (Å²) in [5.74, 6) is -4.82. The highest BCUT2D eigenvalue weighted by molar-refractivity contribution is 7.13. The van der Waals surface area contributed by atoms with E-state index in [9.17, 15) is 22.0 Å². The van der Waals surface area contributed by atoms with Crippen LogP contribution in [0.2, 0.25) is 5.02 Å². The van der Waals surface area contributed by atoms with Crippen LogP contribution in [0.25, 0.3) is 10.4 Å². The van der Waals surface area contributed by atoms with Crippen LogP contribution in [0, 0.1) is 0 Å². The molecule has 0 fully saturated rings. The molecule has 2 N–H and O–H groups in total. The van der Waals surface area contributed by atoms with Crippen LogP contribution in [-0.2, 0) is 5.92 Å². The van der Waals surface area contributed by atoms with Crippen molar-refractivity contribution < 1.29 is 22.0 Å². The van der Waals surface area contributed by atoms with Crippen molar-refractivity contribution in [1.29, 1.82) is 0 Å². The second-order valence-corrected chi connectivity index (χ2v) is 5.18. The summed E-state index contributed by atoms with van der Waals surface area (Å²) in [5, 5.41) is 0.860. The summed E-state index contributed by atoms with van der Waals surface area (Å²) >= 11 is 6.54. The number of hydrogen-bond donors (Lipinski definition) is 1. The lowest BCUT2D eigenvalue weighted by atomic mass is 10.1. The molecule has 0 saturated carbocycles. The average Bonchev–Trinajstić information content (AvgIpc) is 2.80. The van der Waals surface area contributed by atoms with E-state index in [1.807, 2.05) is 0 Å². The monoisotopic (exact) mass is 328 g/mol. The van der Waals surface area contributed by atoms with Gasteiger partial charge in [0.05, 0.1) is 5.02 Å². The van der Waals surface area contributed by atoms with Crippen molar-refractivity contribution in [3.8, 4) is 10.4 Å².